The van der Waals surface area contributed by atoms with Gasteiger partial charge in [0.15, 0.2) is 0 Å². The Morgan fingerprint density at radius 1 is 1.25 bits per heavy atom. The molecule has 2 aliphatic rings. The average molecular weight is 407 g/mol. The van der Waals surface area contributed by atoms with Gasteiger partial charge < -0.3 is 10.6 Å². The molecule has 0 spiro atoms. The normalized spacial score (nSPS) is 23.4. The number of carbonyl (C=O) groups is 1. The molecule has 1 aliphatic heterocycles. The van der Waals surface area contributed by atoms with Crippen molar-refractivity contribution in [1.82, 2.24) is 20.4 Å². The van der Waals surface area contributed by atoms with Gasteiger partial charge in [0.25, 0.3) is 0 Å². The molecule has 3 atom stereocenters. The fraction of sp³-hybridized carbons (Fsp3) is 0.524. The van der Waals surface area contributed by atoms with Gasteiger partial charge in [-0.05, 0) is 42.0 Å². The fourth-order valence-corrected chi connectivity index (χ4v) is 4.63. The van der Waals surface area contributed by atoms with Crippen molar-refractivity contribution in [2.45, 2.75) is 37.6 Å². The van der Waals surface area contributed by atoms with Crippen LogP contribution >= 0.6 is 12.4 Å². The molecule has 5 nitrogen and oxygen atoms in total. The van der Waals surface area contributed by atoms with Crippen molar-refractivity contribution >= 4 is 18.3 Å². The summed E-state index contributed by atoms with van der Waals surface area (Å²) >= 11 is 0. The van der Waals surface area contributed by atoms with Crippen LogP contribution in [0, 0.1) is 17.7 Å². The Labute approximate surface area is 171 Å². The molecule has 1 saturated carbocycles. The van der Waals surface area contributed by atoms with E-state index in [4.69, 9.17) is 0 Å². The molecule has 152 valence electrons. The Kier molecular flexibility index (Phi) is 6.73. The summed E-state index contributed by atoms with van der Waals surface area (Å²) in [5.41, 5.74) is 2.10. The summed E-state index contributed by atoms with van der Waals surface area (Å²) in [5, 5.41) is 10.9. The second kappa shape index (κ2) is 9.05. The number of rotatable bonds is 5. The van der Waals surface area contributed by atoms with Crippen molar-refractivity contribution in [3.8, 4) is 0 Å². The van der Waals surface area contributed by atoms with Crippen molar-refractivity contribution < 1.29 is 9.18 Å². The summed E-state index contributed by atoms with van der Waals surface area (Å²) in [4.78, 5) is 13.2. The van der Waals surface area contributed by atoms with E-state index in [1.165, 1.54) is 25.0 Å². The number of hydrogen-bond acceptors (Lipinski definition) is 3. The third-order valence-electron chi connectivity index (χ3n) is 6.10. The molecule has 4 rings (SSSR count). The van der Waals surface area contributed by atoms with Crippen molar-refractivity contribution in [3.63, 3.8) is 0 Å². The van der Waals surface area contributed by atoms with Crippen LogP contribution in [0.2, 0.25) is 0 Å². The van der Waals surface area contributed by atoms with E-state index in [1.54, 1.807) is 4.68 Å². The number of aromatic nitrogens is 2. The molecule has 28 heavy (non-hydrogen) atoms. The lowest BCUT2D eigenvalue weighted by atomic mass is 9.87. The number of amides is 1. The number of aryl methyl sites for hydroxylation is 1. The SMILES string of the molecule is Cl.Cn1cc([C@H]2CNC[C@@H]2C(=O)NC(c2ccc(F)cc2)C2CCCC2)cn1. The minimum atomic E-state index is -0.244. The van der Waals surface area contributed by atoms with Gasteiger partial charge in [-0.25, -0.2) is 4.39 Å². The van der Waals surface area contributed by atoms with E-state index in [-0.39, 0.29) is 42.0 Å². The zero-order chi connectivity index (χ0) is 18.8. The zero-order valence-corrected chi connectivity index (χ0v) is 16.9. The van der Waals surface area contributed by atoms with Gasteiger partial charge >= 0.3 is 0 Å². The van der Waals surface area contributed by atoms with Gasteiger partial charge in [-0.15, -0.1) is 12.4 Å². The van der Waals surface area contributed by atoms with Crippen LogP contribution in [0.5, 0.6) is 0 Å². The summed E-state index contributed by atoms with van der Waals surface area (Å²) < 4.78 is 15.2. The topological polar surface area (TPSA) is 59.0 Å². The Hall–Kier alpha value is -1.92. The predicted octanol–water partition coefficient (Wildman–Crippen LogP) is 3.33. The maximum atomic E-state index is 13.4. The van der Waals surface area contributed by atoms with Crippen LogP contribution in [-0.4, -0.2) is 28.8 Å². The van der Waals surface area contributed by atoms with E-state index < -0.39 is 0 Å². The number of benzene rings is 1. The summed E-state index contributed by atoms with van der Waals surface area (Å²) in [6.45, 7) is 1.46. The highest BCUT2D eigenvalue weighted by Crippen LogP contribution is 2.37. The Morgan fingerprint density at radius 3 is 2.61 bits per heavy atom. The lowest BCUT2D eigenvalue weighted by Gasteiger charge is -2.28. The van der Waals surface area contributed by atoms with Gasteiger partial charge in [0.2, 0.25) is 5.91 Å². The van der Waals surface area contributed by atoms with Crippen molar-refractivity contribution in [2.75, 3.05) is 13.1 Å². The highest BCUT2D eigenvalue weighted by Gasteiger charge is 2.37. The lowest BCUT2D eigenvalue weighted by Crippen LogP contribution is -2.39. The first-order valence-electron chi connectivity index (χ1n) is 9.87. The van der Waals surface area contributed by atoms with E-state index >= 15 is 0 Å². The molecule has 2 heterocycles. The standard InChI is InChI=1S/C21H27FN4O.ClH/c1-26-13-16(10-24-26)18-11-23-12-19(18)21(27)25-20(14-4-2-3-5-14)15-6-8-17(22)9-7-15;/h6-10,13-14,18-20,23H,2-5,11-12H2,1H3,(H,25,27);1H/t18-,19+,20?;/m1./s1. The second-order valence-electron chi connectivity index (χ2n) is 7.90. The van der Waals surface area contributed by atoms with Crippen LogP contribution in [0.3, 0.4) is 0 Å². The predicted molar refractivity (Wildman–Crippen MR) is 109 cm³/mol. The summed E-state index contributed by atoms with van der Waals surface area (Å²) in [6, 6.07) is 6.54. The van der Waals surface area contributed by atoms with E-state index in [9.17, 15) is 9.18 Å². The van der Waals surface area contributed by atoms with Crippen LogP contribution < -0.4 is 10.6 Å². The molecule has 2 aromatic rings. The number of halogens is 2. The number of nitrogens with zero attached hydrogens (tertiary/aromatic N) is 2. The average Bonchev–Trinajstić information content (AvgIpc) is 3.41. The highest BCUT2D eigenvalue weighted by atomic mass is 35.5. The molecular weight excluding hydrogens is 379 g/mol. The van der Waals surface area contributed by atoms with Gasteiger partial charge in [-0.1, -0.05) is 25.0 Å². The molecule has 1 aliphatic carbocycles. The van der Waals surface area contributed by atoms with Crippen molar-refractivity contribution in [2.24, 2.45) is 18.9 Å². The Balaban J connectivity index is 0.00000225. The minimum Gasteiger partial charge on any atom is -0.349 e. The maximum absolute atomic E-state index is 13.4. The molecule has 1 unspecified atom stereocenters. The highest BCUT2D eigenvalue weighted by molar-refractivity contribution is 5.85. The summed E-state index contributed by atoms with van der Waals surface area (Å²) in [5.74, 6) is 0.280. The molecule has 2 N–H and O–H groups in total. The first-order valence-corrected chi connectivity index (χ1v) is 9.87. The van der Waals surface area contributed by atoms with Gasteiger partial charge in [-0.3, -0.25) is 9.48 Å². The Bertz CT molecular complexity index is 788. The quantitative estimate of drug-likeness (QED) is 0.800. The van der Waals surface area contributed by atoms with Gasteiger partial charge in [0.05, 0.1) is 18.2 Å². The minimum absolute atomic E-state index is 0. The zero-order valence-electron chi connectivity index (χ0n) is 16.1. The molecule has 0 bridgehead atoms. The summed E-state index contributed by atoms with van der Waals surface area (Å²) in [7, 11) is 1.89. The third kappa shape index (κ3) is 4.39. The van der Waals surface area contributed by atoms with Crippen molar-refractivity contribution in [1.29, 1.82) is 0 Å². The first kappa shape index (κ1) is 20.8. The first-order chi connectivity index (χ1) is 13.1. The number of carbonyl (C=O) groups excluding carboxylic acids is 1. The summed E-state index contributed by atoms with van der Waals surface area (Å²) in [6.07, 6.45) is 8.45. The van der Waals surface area contributed by atoms with Crippen LogP contribution in [0.1, 0.15) is 48.8 Å². The van der Waals surface area contributed by atoms with Gasteiger partial charge in [-0.2, -0.15) is 5.10 Å². The number of hydrogen-bond donors (Lipinski definition) is 2. The lowest BCUT2D eigenvalue weighted by molar-refractivity contribution is -0.126. The fourth-order valence-electron chi connectivity index (χ4n) is 4.63. The van der Waals surface area contributed by atoms with Crippen molar-refractivity contribution in [3.05, 3.63) is 53.6 Å². The van der Waals surface area contributed by atoms with Gasteiger partial charge in [0, 0.05) is 32.3 Å². The number of nitrogens with one attached hydrogen (secondary N) is 2. The van der Waals surface area contributed by atoms with Gasteiger partial charge in [0.1, 0.15) is 5.82 Å². The van der Waals surface area contributed by atoms with Crippen LogP contribution in [0.15, 0.2) is 36.7 Å². The van der Waals surface area contributed by atoms with E-state index in [0.717, 1.165) is 30.5 Å². The molecule has 1 saturated heterocycles. The Morgan fingerprint density at radius 2 is 1.96 bits per heavy atom. The van der Waals surface area contributed by atoms with E-state index in [2.05, 4.69) is 15.7 Å². The van der Waals surface area contributed by atoms with E-state index in [1.807, 2.05) is 31.6 Å². The maximum Gasteiger partial charge on any atom is 0.225 e. The smallest absolute Gasteiger partial charge is 0.225 e. The van der Waals surface area contributed by atoms with Crippen LogP contribution in [-0.2, 0) is 11.8 Å². The molecule has 1 aromatic carbocycles. The molecule has 2 fully saturated rings. The molecular formula is C21H28ClFN4O. The monoisotopic (exact) mass is 406 g/mol. The second-order valence-corrected chi connectivity index (χ2v) is 7.90. The largest absolute Gasteiger partial charge is 0.349 e. The molecule has 1 amide bonds. The molecule has 7 heteroatoms. The van der Waals surface area contributed by atoms with Crippen LogP contribution in [0.4, 0.5) is 4.39 Å². The molecule has 0 radical (unpaired) electrons. The molecule has 1 aromatic heterocycles. The van der Waals surface area contributed by atoms with Crippen LogP contribution in [0.25, 0.3) is 0 Å². The third-order valence-corrected chi connectivity index (χ3v) is 6.10. The van der Waals surface area contributed by atoms with E-state index in [0.29, 0.717) is 12.5 Å².